The first kappa shape index (κ1) is 32.8. The van der Waals surface area contributed by atoms with Crippen LogP contribution < -0.4 is 21.3 Å². The van der Waals surface area contributed by atoms with Crippen LogP contribution in [0.2, 0.25) is 0 Å². The van der Waals surface area contributed by atoms with Crippen molar-refractivity contribution in [2.75, 3.05) is 14.2 Å². The molecule has 14 nitrogen and oxygen atoms in total. The SMILES string of the molecule is COC(=O)[C@H](C)NC(=O)/C(NC(=O)OCc1ccccc1)=C(/NC(=O)OCc1ccccc1)C(=O)N[C@@H](C)C(=O)OC. The molecule has 42 heavy (non-hydrogen) atoms. The van der Waals surface area contributed by atoms with E-state index in [0.29, 0.717) is 11.1 Å². The van der Waals surface area contributed by atoms with Gasteiger partial charge in [0, 0.05) is 0 Å². The monoisotopic (exact) mass is 584 g/mol. The third-order valence-electron chi connectivity index (χ3n) is 5.39. The van der Waals surface area contributed by atoms with E-state index in [9.17, 15) is 28.8 Å². The molecule has 0 spiro atoms. The minimum Gasteiger partial charge on any atom is -0.467 e. The van der Waals surface area contributed by atoms with Gasteiger partial charge in [-0.3, -0.25) is 20.2 Å². The zero-order valence-electron chi connectivity index (χ0n) is 23.4. The molecular weight excluding hydrogens is 552 g/mol. The van der Waals surface area contributed by atoms with Gasteiger partial charge in [0.1, 0.15) is 36.7 Å². The predicted octanol–water partition coefficient (Wildman–Crippen LogP) is 1.41. The Balaban J connectivity index is 2.43. The quantitative estimate of drug-likeness (QED) is 0.161. The van der Waals surface area contributed by atoms with Crippen molar-refractivity contribution in [1.82, 2.24) is 21.3 Å². The number of hydrogen-bond acceptors (Lipinski definition) is 10. The molecule has 0 unspecified atom stereocenters. The number of carbonyl (C=O) groups excluding carboxylic acids is 6. The average Bonchev–Trinajstić information content (AvgIpc) is 3.00. The normalized spacial score (nSPS) is 12.3. The van der Waals surface area contributed by atoms with Crippen LogP contribution in [0.1, 0.15) is 25.0 Å². The van der Waals surface area contributed by atoms with Gasteiger partial charge in [0.15, 0.2) is 0 Å². The second-order valence-electron chi connectivity index (χ2n) is 8.56. The van der Waals surface area contributed by atoms with Gasteiger partial charge in [-0.2, -0.15) is 0 Å². The highest BCUT2D eigenvalue weighted by molar-refractivity contribution is 6.08. The molecule has 2 atom stereocenters. The maximum Gasteiger partial charge on any atom is 0.412 e. The van der Waals surface area contributed by atoms with Crippen LogP contribution in [0.4, 0.5) is 9.59 Å². The van der Waals surface area contributed by atoms with E-state index in [4.69, 9.17) is 9.47 Å². The van der Waals surface area contributed by atoms with E-state index in [-0.39, 0.29) is 13.2 Å². The molecule has 0 aromatic heterocycles. The van der Waals surface area contributed by atoms with Crippen molar-refractivity contribution in [3.8, 4) is 0 Å². The van der Waals surface area contributed by atoms with E-state index in [1.807, 2.05) is 0 Å². The summed E-state index contributed by atoms with van der Waals surface area (Å²) in [5.41, 5.74) is -0.408. The molecular formula is C28H32N4O10. The molecule has 0 saturated heterocycles. The van der Waals surface area contributed by atoms with Gasteiger partial charge in [-0.15, -0.1) is 0 Å². The molecule has 4 N–H and O–H groups in total. The zero-order chi connectivity index (χ0) is 31.1. The molecule has 0 bridgehead atoms. The second-order valence-corrected chi connectivity index (χ2v) is 8.56. The number of methoxy groups -OCH3 is 2. The van der Waals surface area contributed by atoms with E-state index >= 15 is 0 Å². The number of amides is 4. The Morgan fingerprint density at radius 3 is 1.24 bits per heavy atom. The molecule has 2 aromatic rings. The molecule has 0 fully saturated rings. The van der Waals surface area contributed by atoms with E-state index in [1.54, 1.807) is 60.7 Å². The summed E-state index contributed by atoms with van der Waals surface area (Å²) >= 11 is 0. The van der Waals surface area contributed by atoms with Crippen LogP contribution in [-0.2, 0) is 51.3 Å². The summed E-state index contributed by atoms with van der Waals surface area (Å²) in [5, 5.41) is 8.78. The molecule has 4 amide bonds. The summed E-state index contributed by atoms with van der Waals surface area (Å²) in [7, 11) is 2.19. The van der Waals surface area contributed by atoms with Gasteiger partial charge < -0.3 is 29.6 Å². The van der Waals surface area contributed by atoms with Crippen molar-refractivity contribution in [3.63, 3.8) is 0 Å². The predicted molar refractivity (Wildman–Crippen MR) is 146 cm³/mol. The van der Waals surface area contributed by atoms with Crippen LogP contribution in [0.5, 0.6) is 0 Å². The molecule has 0 saturated carbocycles. The average molecular weight is 585 g/mol. The van der Waals surface area contributed by atoms with E-state index in [0.717, 1.165) is 14.2 Å². The van der Waals surface area contributed by atoms with Gasteiger partial charge in [0.2, 0.25) is 0 Å². The fourth-order valence-corrected chi connectivity index (χ4v) is 3.20. The van der Waals surface area contributed by atoms with Gasteiger partial charge in [-0.1, -0.05) is 60.7 Å². The van der Waals surface area contributed by atoms with E-state index in [2.05, 4.69) is 30.7 Å². The zero-order valence-corrected chi connectivity index (χ0v) is 23.4. The summed E-state index contributed by atoms with van der Waals surface area (Å²) in [6.45, 7) is 2.17. The molecule has 2 aromatic carbocycles. The molecule has 2 rings (SSSR count). The molecule has 0 aliphatic heterocycles. The van der Waals surface area contributed by atoms with Crippen molar-refractivity contribution >= 4 is 35.9 Å². The van der Waals surface area contributed by atoms with E-state index < -0.39 is 59.4 Å². The third kappa shape index (κ3) is 10.6. The lowest BCUT2D eigenvalue weighted by Gasteiger charge is -2.20. The first-order chi connectivity index (χ1) is 20.0. The van der Waals surface area contributed by atoms with Gasteiger partial charge in [-0.25, -0.2) is 19.2 Å². The van der Waals surface area contributed by atoms with Crippen LogP contribution >= 0.6 is 0 Å². The maximum atomic E-state index is 13.3. The summed E-state index contributed by atoms with van der Waals surface area (Å²) in [4.78, 5) is 75.8. The third-order valence-corrected chi connectivity index (χ3v) is 5.39. The Morgan fingerprint density at radius 2 is 0.929 bits per heavy atom. The second kappa shape index (κ2) is 16.6. The van der Waals surface area contributed by atoms with Gasteiger partial charge in [-0.05, 0) is 25.0 Å². The smallest absolute Gasteiger partial charge is 0.412 e. The highest BCUT2D eigenvalue weighted by atomic mass is 16.6. The van der Waals surface area contributed by atoms with Crippen molar-refractivity contribution in [2.45, 2.75) is 39.1 Å². The summed E-state index contributed by atoms with van der Waals surface area (Å²) < 4.78 is 19.5. The van der Waals surface area contributed by atoms with Crippen LogP contribution in [0.15, 0.2) is 72.1 Å². The number of rotatable bonds is 12. The fraction of sp³-hybridized carbons (Fsp3) is 0.286. The fourth-order valence-electron chi connectivity index (χ4n) is 3.20. The first-order valence-electron chi connectivity index (χ1n) is 12.5. The number of benzene rings is 2. The number of nitrogens with one attached hydrogen (secondary N) is 4. The summed E-state index contributed by atoms with van der Waals surface area (Å²) in [6, 6.07) is 14.7. The lowest BCUT2D eigenvalue weighted by molar-refractivity contribution is -0.144. The molecule has 0 heterocycles. The standard InChI is InChI=1S/C28H32N4O10/c1-17(25(35)39-3)29-23(33)21(31-27(37)41-15-19-11-7-5-8-12-19)22(24(34)30-18(2)26(36)40-4)32-28(38)42-16-20-13-9-6-10-14-20/h5-14,17-18H,15-16H2,1-4H3,(H,29,33)(H,30,34)(H,31,37)(H,32,38)/b22-21-/t17-,18-/m0/s1. The number of esters is 2. The highest BCUT2D eigenvalue weighted by Crippen LogP contribution is 2.08. The van der Waals surface area contributed by atoms with Crippen molar-refractivity contribution < 1.29 is 47.7 Å². The van der Waals surface area contributed by atoms with Crippen LogP contribution in [-0.4, -0.2) is 62.2 Å². The summed E-state index contributed by atoms with van der Waals surface area (Å²) in [5.74, 6) is -4.03. The van der Waals surface area contributed by atoms with Crippen LogP contribution in [0.25, 0.3) is 0 Å². The van der Waals surface area contributed by atoms with E-state index in [1.165, 1.54) is 13.8 Å². The highest BCUT2D eigenvalue weighted by Gasteiger charge is 2.30. The van der Waals surface area contributed by atoms with Crippen molar-refractivity contribution in [3.05, 3.63) is 83.2 Å². The molecule has 14 heteroatoms. The Kier molecular flexibility index (Phi) is 13.0. The topological polar surface area (TPSA) is 187 Å². The van der Waals surface area contributed by atoms with Crippen molar-refractivity contribution in [1.29, 1.82) is 0 Å². The lowest BCUT2D eigenvalue weighted by atomic mass is 10.2. The maximum absolute atomic E-state index is 13.3. The molecule has 0 aliphatic rings. The lowest BCUT2D eigenvalue weighted by Crippen LogP contribution is -2.49. The Labute approximate surface area is 241 Å². The van der Waals surface area contributed by atoms with Gasteiger partial charge in [0.05, 0.1) is 14.2 Å². The first-order valence-corrected chi connectivity index (χ1v) is 12.5. The molecule has 0 aliphatic carbocycles. The molecule has 0 radical (unpaired) electrons. The van der Waals surface area contributed by atoms with Crippen LogP contribution in [0, 0.1) is 0 Å². The number of carbonyl (C=O) groups is 6. The van der Waals surface area contributed by atoms with Gasteiger partial charge in [0.25, 0.3) is 11.8 Å². The van der Waals surface area contributed by atoms with Crippen LogP contribution in [0.3, 0.4) is 0 Å². The van der Waals surface area contributed by atoms with Crippen molar-refractivity contribution in [2.24, 2.45) is 0 Å². The largest absolute Gasteiger partial charge is 0.467 e. The number of hydrogen-bond donors (Lipinski definition) is 4. The van der Waals surface area contributed by atoms with Gasteiger partial charge >= 0.3 is 24.1 Å². The minimum atomic E-state index is -1.23. The Morgan fingerprint density at radius 1 is 0.595 bits per heavy atom. The molecule has 224 valence electrons. The Bertz CT molecular complexity index is 1200. The number of ether oxygens (including phenoxy) is 4. The minimum absolute atomic E-state index is 0.201. The number of alkyl carbamates (subject to hydrolysis) is 2. The summed E-state index contributed by atoms with van der Waals surface area (Å²) in [6.07, 6.45) is -2.36. The Hall–Kier alpha value is -5.40.